The molecule has 0 heterocycles. The van der Waals surface area contributed by atoms with Crippen molar-refractivity contribution in [2.45, 2.75) is 161 Å². The molecule has 0 aromatic rings. The molecule has 0 saturated carbocycles. The van der Waals surface area contributed by atoms with Crippen LogP contribution in [0, 0.1) is 0 Å². The second kappa shape index (κ2) is 39.7. The first kappa shape index (κ1) is 51.0. The van der Waals surface area contributed by atoms with Crippen LogP contribution < -0.4 is 0 Å². The number of esters is 2. The molecular weight excluding hydrogens is 699 g/mol. The summed E-state index contributed by atoms with van der Waals surface area (Å²) in [5.74, 6) is -0.958. The largest absolute Gasteiger partial charge is 0.469 e. The van der Waals surface area contributed by atoms with Crippen LogP contribution in [0.2, 0.25) is 0 Å². The number of carbonyl (C=O) groups is 2. The van der Waals surface area contributed by atoms with Crippen LogP contribution in [0.15, 0.2) is 97.2 Å². The van der Waals surface area contributed by atoms with Gasteiger partial charge in [0.05, 0.1) is 6.61 Å². The smallest absolute Gasteiger partial charge is 0.462 e. The van der Waals surface area contributed by atoms with Gasteiger partial charge in [-0.3, -0.25) is 14.1 Å². The molecule has 2 N–H and O–H groups in total. The van der Waals surface area contributed by atoms with Gasteiger partial charge in [0.25, 0.3) is 0 Å². The van der Waals surface area contributed by atoms with Crippen LogP contribution in [-0.2, 0) is 28.2 Å². The van der Waals surface area contributed by atoms with E-state index >= 15 is 0 Å². The SMILES string of the molecule is CC/C=C/C/C=C/C/C=C/C/C=C/C/C=C/CCCCCC(=O)O[C@H](COC(=O)CCCCCC/C=C/C/C=C/C/C=C/CCCCC)COP(=O)(O)O. The monoisotopic (exact) mass is 773 g/mol. The maximum absolute atomic E-state index is 12.4. The summed E-state index contributed by atoms with van der Waals surface area (Å²) in [6, 6.07) is 0. The highest BCUT2D eigenvalue weighted by Crippen LogP contribution is 2.36. The molecule has 0 amide bonds. The fourth-order valence-electron chi connectivity index (χ4n) is 5.05. The standard InChI is InChI=1S/C45H73O8P/c1-3-5-7-9-11-13-15-17-19-21-22-24-26-28-30-32-34-36-38-40-45(47)53-43(42-52-54(48,49)50)41-51-44(46)39-37-35-33-31-29-27-25-23-20-18-16-14-12-10-8-6-4-2/h5,7,11-14,17-20,22,24-25,27-28,30,43H,3-4,6,8-10,15-16,21,23,26,29,31-42H2,1-2H3,(H2,48,49,50)/b7-5+,13-11+,14-12+,19-17+,20-18+,24-22+,27-25+,30-28+/t43-/m1/s1. The molecule has 54 heavy (non-hydrogen) atoms. The van der Waals surface area contributed by atoms with Crippen molar-refractivity contribution in [3.63, 3.8) is 0 Å². The van der Waals surface area contributed by atoms with Crippen LogP contribution in [-0.4, -0.2) is 41.0 Å². The van der Waals surface area contributed by atoms with Gasteiger partial charge in [-0.15, -0.1) is 0 Å². The van der Waals surface area contributed by atoms with E-state index in [0.29, 0.717) is 12.8 Å². The topological polar surface area (TPSA) is 119 Å². The van der Waals surface area contributed by atoms with Crippen LogP contribution in [0.4, 0.5) is 0 Å². The van der Waals surface area contributed by atoms with Crippen molar-refractivity contribution >= 4 is 19.8 Å². The second-order valence-corrected chi connectivity index (χ2v) is 14.5. The minimum absolute atomic E-state index is 0.161. The number of allylic oxidation sites excluding steroid dienone is 16. The van der Waals surface area contributed by atoms with Gasteiger partial charge in [0.1, 0.15) is 6.61 Å². The van der Waals surface area contributed by atoms with Crippen molar-refractivity contribution in [2.75, 3.05) is 13.2 Å². The predicted octanol–water partition coefficient (Wildman–Crippen LogP) is 12.6. The molecule has 0 fully saturated rings. The Morgan fingerprint density at radius 3 is 1.33 bits per heavy atom. The van der Waals surface area contributed by atoms with E-state index in [1.165, 1.54) is 25.7 Å². The molecular formula is C45H73O8P. The van der Waals surface area contributed by atoms with Crippen molar-refractivity contribution in [3.8, 4) is 0 Å². The van der Waals surface area contributed by atoms with Crippen molar-refractivity contribution in [2.24, 2.45) is 0 Å². The average Bonchev–Trinajstić information content (AvgIpc) is 3.14. The maximum Gasteiger partial charge on any atom is 0.469 e. The first-order valence-electron chi connectivity index (χ1n) is 20.5. The third-order valence-corrected chi connectivity index (χ3v) is 8.57. The van der Waals surface area contributed by atoms with Crippen LogP contribution in [0.3, 0.4) is 0 Å². The molecule has 0 spiro atoms. The molecule has 306 valence electrons. The fourth-order valence-corrected chi connectivity index (χ4v) is 5.41. The molecule has 0 rings (SSSR count). The number of hydrogen-bond donors (Lipinski definition) is 2. The van der Waals surface area contributed by atoms with E-state index in [-0.39, 0.29) is 19.4 Å². The van der Waals surface area contributed by atoms with Gasteiger partial charge in [-0.25, -0.2) is 4.57 Å². The highest BCUT2D eigenvalue weighted by Gasteiger charge is 2.22. The zero-order valence-corrected chi connectivity index (χ0v) is 34.5. The molecule has 0 radical (unpaired) electrons. The summed E-state index contributed by atoms with van der Waals surface area (Å²) in [7, 11) is -4.78. The molecule has 0 aliphatic heterocycles. The van der Waals surface area contributed by atoms with Crippen molar-refractivity contribution in [3.05, 3.63) is 97.2 Å². The molecule has 0 unspecified atom stereocenters. The number of carbonyl (C=O) groups excluding carboxylic acids is 2. The highest BCUT2D eigenvalue weighted by molar-refractivity contribution is 7.46. The Morgan fingerprint density at radius 1 is 0.500 bits per heavy atom. The number of hydrogen-bond acceptors (Lipinski definition) is 6. The number of phosphoric ester groups is 1. The molecule has 9 heteroatoms. The van der Waals surface area contributed by atoms with Crippen molar-refractivity contribution < 1.29 is 37.9 Å². The van der Waals surface area contributed by atoms with Crippen molar-refractivity contribution in [1.82, 2.24) is 0 Å². The number of ether oxygens (including phenoxy) is 2. The van der Waals surface area contributed by atoms with Gasteiger partial charge >= 0.3 is 19.8 Å². The molecule has 1 atom stereocenters. The van der Waals surface area contributed by atoms with E-state index in [1.54, 1.807) is 0 Å². The Hall–Kier alpha value is -3.03. The summed E-state index contributed by atoms with van der Waals surface area (Å²) in [5, 5.41) is 0. The lowest BCUT2D eigenvalue weighted by atomic mass is 10.1. The molecule has 0 bridgehead atoms. The zero-order valence-electron chi connectivity index (χ0n) is 33.6. The van der Waals surface area contributed by atoms with E-state index in [9.17, 15) is 14.2 Å². The summed E-state index contributed by atoms with van der Waals surface area (Å²) in [4.78, 5) is 42.8. The zero-order chi connectivity index (χ0) is 39.6. The van der Waals surface area contributed by atoms with E-state index in [0.717, 1.165) is 89.9 Å². The summed E-state index contributed by atoms with van der Waals surface area (Å²) in [6.45, 7) is 3.48. The van der Waals surface area contributed by atoms with E-state index in [2.05, 4.69) is 116 Å². The van der Waals surface area contributed by atoms with E-state index in [4.69, 9.17) is 19.3 Å². The van der Waals surface area contributed by atoms with E-state index in [1.807, 2.05) is 0 Å². The first-order valence-corrected chi connectivity index (χ1v) is 22.1. The lowest BCUT2D eigenvalue weighted by Crippen LogP contribution is -2.29. The highest BCUT2D eigenvalue weighted by atomic mass is 31.2. The Kier molecular flexibility index (Phi) is 37.4. The van der Waals surface area contributed by atoms with Gasteiger partial charge in [-0.1, -0.05) is 143 Å². The molecule has 8 nitrogen and oxygen atoms in total. The summed E-state index contributed by atoms with van der Waals surface area (Å²) < 4.78 is 26.3. The fraction of sp³-hybridized carbons (Fsp3) is 0.600. The molecule has 0 saturated heterocycles. The summed E-state index contributed by atoms with van der Waals surface area (Å²) in [6.07, 6.45) is 54.1. The van der Waals surface area contributed by atoms with Gasteiger partial charge in [-0.2, -0.15) is 0 Å². The third-order valence-electron chi connectivity index (χ3n) is 8.09. The first-order chi connectivity index (χ1) is 26.3. The third kappa shape index (κ3) is 41.7. The number of phosphoric acid groups is 1. The Balaban J connectivity index is 4.08. The molecule has 0 aliphatic rings. The number of rotatable bonds is 36. The Bertz CT molecular complexity index is 1190. The minimum Gasteiger partial charge on any atom is -0.462 e. The quantitative estimate of drug-likeness (QED) is 0.0280. The van der Waals surface area contributed by atoms with Gasteiger partial charge < -0.3 is 19.3 Å². The van der Waals surface area contributed by atoms with Crippen LogP contribution >= 0.6 is 7.82 Å². The normalized spacial score (nSPS) is 13.5. The Labute approximate surface area is 328 Å². The maximum atomic E-state index is 12.4. The number of unbranched alkanes of at least 4 members (excludes halogenated alkanes) is 10. The average molecular weight is 773 g/mol. The van der Waals surface area contributed by atoms with Crippen LogP contribution in [0.5, 0.6) is 0 Å². The Morgan fingerprint density at radius 2 is 0.889 bits per heavy atom. The van der Waals surface area contributed by atoms with Gasteiger partial charge in [0.15, 0.2) is 6.10 Å². The summed E-state index contributed by atoms with van der Waals surface area (Å²) in [5.41, 5.74) is 0. The summed E-state index contributed by atoms with van der Waals surface area (Å²) >= 11 is 0. The molecule has 0 aliphatic carbocycles. The molecule has 0 aromatic carbocycles. The van der Waals surface area contributed by atoms with Gasteiger partial charge in [0, 0.05) is 12.8 Å². The second-order valence-electron chi connectivity index (χ2n) is 13.2. The van der Waals surface area contributed by atoms with Crippen LogP contribution in [0.1, 0.15) is 155 Å². The minimum atomic E-state index is -4.78. The van der Waals surface area contributed by atoms with Crippen molar-refractivity contribution in [1.29, 1.82) is 0 Å². The van der Waals surface area contributed by atoms with Crippen LogP contribution in [0.25, 0.3) is 0 Å². The van der Waals surface area contributed by atoms with Gasteiger partial charge in [-0.05, 0) is 96.3 Å². The lowest BCUT2D eigenvalue weighted by Gasteiger charge is -2.18. The van der Waals surface area contributed by atoms with E-state index < -0.39 is 32.5 Å². The van der Waals surface area contributed by atoms with Gasteiger partial charge in [0.2, 0.25) is 0 Å². The lowest BCUT2D eigenvalue weighted by molar-refractivity contribution is -0.161. The molecule has 0 aromatic heterocycles. The predicted molar refractivity (Wildman–Crippen MR) is 225 cm³/mol.